The third kappa shape index (κ3) is 1.66. The zero-order valence-electron chi connectivity index (χ0n) is 8.86. The first-order chi connectivity index (χ1) is 6.70. The molecule has 0 amide bonds. The second-order valence-electron chi connectivity index (χ2n) is 4.13. The van der Waals surface area contributed by atoms with Gasteiger partial charge in [0.1, 0.15) is 5.15 Å². The second kappa shape index (κ2) is 3.90. The highest BCUT2D eigenvalue weighted by Crippen LogP contribution is 2.29. The summed E-state index contributed by atoms with van der Waals surface area (Å²) in [6, 6.07) is 0. The molecule has 1 aliphatic carbocycles. The van der Waals surface area contributed by atoms with Crippen LogP contribution in [0.2, 0.25) is 5.15 Å². The molecule has 0 unspecified atom stereocenters. The Labute approximate surface area is 90.5 Å². The molecule has 14 heavy (non-hydrogen) atoms. The molecule has 0 radical (unpaired) electrons. The van der Waals surface area contributed by atoms with Crippen LogP contribution in [0.5, 0.6) is 0 Å². The van der Waals surface area contributed by atoms with Crippen LogP contribution >= 0.6 is 11.6 Å². The summed E-state index contributed by atoms with van der Waals surface area (Å²) in [5, 5.41) is 0.741. The van der Waals surface area contributed by atoms with Gasteiger partial charge in [0, 0.05) is 5.69 Å². The topological polar surface area (TPSA) is 12.9 Å². The summed E-state index contributed by atoms with van der Waals surface area (Å²) in [6.45, 7) is 4.22. The molecule has 2 rings (SSSR count). The SMILES string of the molecule is Cc1nc(Cl)c2c(c1C)CCCCC2. The van der Waals surface area contributed by atoms with Crippen LogP contribution in [0.4, 0.5) is 0 Å². The summed E-state index contributed by atoms with van der Waals surface area (Å²) < 4.78 is 0. The highest BCUT2D eigenvalue weighted by molar-refractivity contribution is 6.30. The maximum Gasteiger partial charge on any atom is 0.132 e. The van der Waals surface area contributed by atoms with Gasteiger partial charge >= 0.3 is 0 Å². The number of nitrogens with zero attached hydrogens (tertiary/aromatic N) is 1. The summed E-state index contributed by atoms with van der Waals surface area (Å²) in [6.07, 6.45) is 6.18. The lowest BCUT2D eigenvalue weighted by Gasteiger charge is -2.12. The lowest BCUT2D eigenvalue weighted by Crippen LogP contribution is -2.01. The van der Waals surface area contributed by atoms with Gasteiger partial charge in [0.2, 0.25) is 0 Å². The average Bonchev–Trinajstić information content (AvgIpc) is 2.39. The molecule has 1 heterocycles. The molecule has 1 aliphatic rings. The minimum Gasteiger partial charge on any atom is -0.241 e. The number of hydrogen-bond donors (Lipinski definition) is 0. The first-order valence-corrected chi connectivity index (χ1v) is 5.72. The minimum absolute atomic E-state index is 0.741. The summed E-state index contributed by atoms with van der Waals surface area (Å²) in [5.41, 5.74) is 5.23. The van der Waals surface area contributed by atoms with Crippen molar-refractivity contribution in [2.75, 3.05) is 0 Å². The van der Waals surface area contributed by atoms with Crippen LogP contribution in [0.25, 0.3) is 0 Å². The molecule has 2 heteroatoms. The molecule has 0 fully saturated rings. The van der Waals surface area contributed by atoms with Crippen LogP contribution in [-0.4, -0.2) is 4.98 Å². The summed E-state index contributed by atoms with van der Waals surface area (Å²) in [5.74, 6) is 0. The molecule has 0 N–H and O–H groups in total. The van der Waals surface area contributed by atoms with E-state index in [1.165, 1.54) is 42.4 Å². The normalized spacial score (nSPS) is 16.2. The Morgan fingerprint density at radius 3 is 2.36 bits per heavy atom. The van der Waals surface area contributed by atoms with Crippen LogP contribution in [-0.2, 0) is 12.8 Å². The third-order valence-electron chi connectivity index (χ3n) is 3.23. The van der Waals surface area contributed by atoms with Gasteiger partial charge in [-0.05, 0) is 56.2 Å². The van der Waals surface area contributed by atoms with Crippen molar-refractivity contribution in [2.45, 2.75) is 46.0 Å². The highest BCUT2D eigenvalue weighted by atomic mass is 35.5. The number of halogens is 1. The molecular weight excluding hydrogens is 194 g/mol. The molecule has 1 aromatic rings. The average molecular weight is 210 g/mol. The number of aromatic nitrogens is 1. The zero-order chi connectivity index (χ0) is 10.1. The molecule has 76 valence electrons. The van der Waals surface area contributed by atoms with E-state index in [9.17, 15) is 0 Å². The van der Waals surface area contributed by atoms with E-state index in [-0.39, 0.29) is 0 Å². The predicted molar refractivity (Wildman–Crippen MR) is 60.0 cm³/mol. The monoisotopic (exact) mass is 209 g/mol. The van der Waals surface area contributed by atoms with Crippen molar-refractivity contribution in [3.05, 3.63) is 27.5 Å². The van der Waals surface area contributed by atoms with Gasteiger partial charge in [-0.3, -0.25) is 0 Å². The van der Waals surface area contributed by atoms with Crippen LogP contribution in [0, 0.1) is 13.8 Å². The van der Waals surface area contributed by atoms with Gasteiger partial charge in [-0.15, -0.1) is 0 Å². The Hall–Kier alpha value is -0.560. The molecule has 0 saturated heterocycles. The first-order valence-electron chi connectivity index (χ1n) is 5.34. The first kappa shape index (κ1) is 9.97. The fourth-order valence-corrected chi connectivity index (χ4v) is 2.58. The van der Waals surface area contributed by atoms with Gasteiger partial charge in [0.25, 0.3) is 0 Å². The van der Waals surface area contributed by atoms with Crippen molar-refractivity contribution in [1.82, 2.24) is 4.98 Å². The van der Waals surface area contributed by atoms with Crippen molar-refractivity contribution >= 4 is 11.6 Å². The van der Waals surface area contributed by atoms with Gasteiger partial charge in [-0.25, -0.2) is 4.98 Å². The van der Waals surface area contributed by atoms with E-state index in [0.29, 0.717) is 0 Å². The lowest BCUT2D eigenvalue weighted by atomic mass is 9.99. The predicted octanol–water partition coefficient (Wildman–Crippen LogP) is 3.62. The van der Waals surface area contributed by atoms with Crippen LogP contribution < -0.4 is 0 Å². The van der Waals surface area contributed by atoms with E-state index in [1.54, 1.807) is 0 Å². The molecule has 0 atom stereocenters. The van der Waals surface area contributed by atoms with E-state index < -0.39 is 0 Å². The van der Waals surface area contributed by atoms with Gasteiger partial charge in [-0.2, -0.15) is 0 Å². The van der Waals surface area contributed by atoms with Crippen LogP contribution in [0.1, 0.15) is 41.6 Å². The van der Waals surface area contributed by atoms with Crippen LogP contribution in [0.3, 0.4) is 0 Å². The summed E-state index contributed by atoms with van der Waals surface area (Å²) in [7, 11) is 0. The van der Waals surface area contributed by atoms with E-state index in [2.05, 4.69) is 11.9 Å². The van der Waals surface area contributed by atoms with E-state index in [4.69, 9.17) is 11.6 Å². The van der Waals surface area contributed by atoms with E-state index in [0.717, 1.165) is 17.3 Å². The molecule has 0 aromatic carbocycles. The number of aryl methyl sites for hydroxylation is 1. The minimum atomic E-state index is 0.741. The van der Waals surface area contributed by atoms with Crippen LogP contribution in [0.15, 0.2) is 0 Å². The highest BCUT2D eigenvalue weighted by Gasteiger charge is 2.15. The fourth-order valence-electron chi connectivity index (χ4n) is 2.24. The fraction of sp³-hybridized carbons (Fsp3) is 0.583. The maximum absolute atomic E-state index is 6.18. The van der Waals surface area contributed by atoms with Crippen molar-refractivity contribution in [1.29, 1.82) is 0 Å². The zero-order valence-corrected chi connectivity index (χ0v) is 9.62. The summed E-state index contributed by atoms with van der Waals surface area (Å²) in [4.78, 5) is 4.39. The number of rotatable bonds is 0. The number of pyridine rings is 1. The van der Waals surface area contributed by atoms with E-state index in [1.807, 2.05) is 6.92 Å². The van der Waals surface area contributed by atoms with E-state index >= 15 is 0 Å². The number of fused-ring (bicyclic) bond motifs is 1. The largest absolute Gasteiger partial charge is 0.241 e. The molecular formula is C12H16ClN. The van der Waals surface area contributed by atoms with Crippen molar-refractivity contribution in [3.8, 4) is 0 Å². The Morgan fingerprint density at radius 1 is 1.00 bits per heavy atom. The van der Waals surface area contributed by atoms with Gasteiger partial charge < -0.3 is 0 Å². The standard InChI is InChI=1S/C12H16ClN/c1-8-9(2)14-12(13)11-7-5-3-4-6-10(8)11/h3-7H2,1-2H3. The Balaban J connectivity index is 2.57. The van der Waals surface area contributed by atoms with Crippen molar-refractivity contribution in [2.24, 2.45) is 0 Å². The Bertz CT molecular complexity index is 358. The Kier molecular flexibility index (Phi) is 2.78. The lowest BCUT2D eigenvalue weighted by molar-refractivity contribution is 0.711. The Morgan fingerprint density at radius 2 is 1.64 bits per heavy atom. The second-order valence-corrected chi connectivity index (χ2v) is 4.49. The van der Waals surface area contributed by atoms with Crippen molar-refractivity contribution in [3.63, 3.8) is 0 Å². The molecule has 0 spiro atoms. The molecule has 1 nitrogen and oxygen atoms in total. The smallest absolute Gasteiger partial charge is 0.132 e. The van der Waals surface area contributed by atoms with Crippen molar-refractivity contribution < 1.29 is 0 Å². The quantitative estimate of drug-likeness (QED) is 0.470. The molecule has 1 aromatic heterocycles. The van der Waals surface area contributed by atoms with Gasteiger partial charge in [-0.1, -0.05) is 18.0 Å². The molecule has 0 saturated carbocycles. The van der Waals surface area contributed by atoms with Gasteiger partial charge in [0.05, 0.1) is 0 Å². The summed E-state index contributed by atoms with van der Waals surface area (Å²) >= 11 is 6.18. The van der Waals surface area contributed by atoms with Gasteiger partial charge in [0.15, 0.2) is 0 Å². The number of hydrogen-bond acceptors (Lipinski definition) is 1. The molecule has 0 aliphatic heterocycles. The maximum atomic E-state index is 6.18. The third-order valence-corrected chi connectivity index (χ3v) is 3.54. The molecule has 0 bridgehead atoms.